The summed E-state index contributed by atoms with van der Waals surface area (Å²) in [6, 6.07) is 1.72. The molecule has 8 heteroatoms. The van der Waals surface area contributed by atoms with E-state index in [2.05, 4.69) is 0 Å². The molecule has 0 radical (unpaired) electrons. The van der Waals surface area contributed by atoms with E-state index in [1.165, 1.54) is 25.5 Å². The Kier molecular flexibility index (Phi) is 5.09. The van der Waals surface area contributed by atoms with Crippen LogP contribution < -0.4 is 0 Å². The minimum atomic E-state index is -1.17. The fraction of sp³-hybridized carbons (Fsp3) is 0.455. The van der Waals surface area contributed by atoms with Crippen molar-refractivity contribution >= 4 is 23.7 Å². The zero-order valence-electron chi connectivity index (χ0n) is 16.7. The zero-order chi connectivity index (χ0) is 21.5. The summed E-state index contributed by atoms with van der Waals surface area (Å²) < 4.78 is 21.3. The molecule has 4 atom stereocenters. The van der Waals surface area contributed by atoms with Gasteiger partial charge in [-0.1, -0.05) is 11.6 Å². The molecule has 2 aliphatic heterocycles. The molecular formula is C22H22O8. The largest absolute Gasteiger partial charge is 0.472 e. The molecule has 3 aliphatic rings. The number of hydrogen-bond donors (Lipinski definition) is 0. The van der Waals surface area contributed by atoms with Gasteiger partial charge in [-0.2, -0.15) is 0 Å². The average Bonchev–Trinajstić information content (AvgIpc) is 3.31. The Hall–Kier alpha value is -3.16. The van der Waals surface area contributed by atoms with E-state index in [4.69, 9.17) is 18.6 Å². The van der Waals surface area contributed by atoms with Crippen LogP contribution >= 0.6 is 0 Å². The molecule has 0 bridgehead atoms. The maximum Gasteiger partial charge on any atom is 0.338 e. The van der Waals surface area contributed by atoms with Crippen LogP contribution in [0, 0.1) is 11.3 Å². The Morgan fingerprint density at radius 2 is 2.13 bits per heavy atom. The molecule has 1 aromatic heterocycles. The van der Waals surface area contributed by atoms with E-state index in [0.717, 1.165) is 5.56 Å². The van der Waals surface area contributed by atoms with Gasteiger partial charge in [0.2, 0.25) is 0 Å². The summed E-state index contributed by atoms with van der Waals surface area (Å²) in [5.41, 5.74) is 0.466. The van der Waals surface area contributed by atoms with Crippen LogP contribution in [-0.4, -0.2) is 36.4 Å². The molecule has 4 unspecified atom stereocenters. The van der Waals surface area contributed by atoms with Crippen LogP contribution in [0.1, 0.15) is 44.8 Å². The SMILES string of the molecule is CC(=O)OC(CC12COC(=O)C1CC=CC2=O)C1=C(C)CC(c2ccoc2)OC1=O. The van der Waals surface area contributed by atoms with Crippen molar-refractivity contribution in [1.82, 2.24) is 0 Å². The van der Waals surface area contributed by atoms with Gasteiger partial charge < -0.3 is 18.6 Å². The molecule has 8 nitrogen and oxygen atoms in total. The van der Waals surface area contributed by atoms with E-state index >= 15 is 0 Å². The molecule has 158 valence electrons. The predicted octanol–water partition coefficient (Wildman–Crippen LogP) is 2.59. The van der Waals surface area contributed by atoms with Gasteiger partial charge in [-0.15, -0.1) is 0 Å². The smallest absolute Gasteiger partial charge is 0.338 e. The third-order valence-corrected chi connectivity index (χ3v) is 6.07. The first-order valence-corrected chi connectivity index (χ1v) is 9.79. The summed E-state index contributed by atoms with van der Waals surface area (Å²) in [5, 5.41) is 0. The lowest BCUT2D eigenvalue weighted by atomic mass is 9.66. The van der Waals surface area contributed by atoms with E-state index < -0.39 is 41.4 Å². The molecule has 1 aromatic rings. The van der Waals surface area contributed by atoms with Crippen LogP contribution in [0.2, 0.25) is 0 Å². The van der Waals surface area contributed by atoms with Crippen molar-refractivity contribution in [3.05, 3.63) is 47.5 Å². The highest BCUT2D eigenvalue weighted by molar-refractivity contribution is 6.01. The summed E-state index contributed by atoms with van der Waals surface area (Å²) in [7, 11) is 0. The number of ether oxygens (including phenoxy) is 3. The number of esters is 3. The molecule has 0 N–H and O–H groups in total. The Morgan fingerprint density at radius 3 is 2.80 bits per heavy atom. The van der Waals surface area contributed by atoms with Crippen LogP contribution in [0.5, 0.6) is 0 Å². The van der Waals surface area contributed by atoms with Crippen molar-refractivity contribution in [3.63, 3.8) is 0 Å². The van der Waals surface area contributed by atoms with Crippen molar-refractivity contribution in [2.45, 2.75) is 45.3 Å². The molecule has 3 heterocycles. The first-order chi connectivity index (χ1) is 14.3. The molecule has 0 spiro atoms. The number of ketones is 1. The van der Waals surface area contributed by atoms with Crippen molar-refractivity contribution in [2.75, 3.05) is 6.61 Å². The molecule has 0 saturated carbocycles. The van der Waals surface area contributed by atoms with E-state index in [-0.39, 0.29) is 24.4 Å². The van der Waals surface area contributed by atoms with Gasteiger partial charge in [-0.05, 0) is 25.5 Å². The zero-order valence-corrected chi connectivity index (χ0v) is 16.7. The van der Waals surface area contributed by atoms with Crippen molar-refractivity contribution in [1.29, 1.82) is 0 Å². The van der Waals surface area contributed by atoms with Gasteiger partial charge in [0.1, 0.15) is 18.8 Å². The molecule has 1 saturated heterocycles. The second-order valence-corrected chi connectivity index (χ2v) is 7.97. The lowest BCUT2D eigenvalue weighted by Crippen LogP contribution is -2.45. The van der Waals surface area contributed by atoms with Gasteiger partial charge in [0.25, 0.3) is 0 Å². The van der Waals surface area contributed by atoms with Crippen LogP contribution in [0.3, 0.4) is 0 Å². The van der Waals surface area contributed by atoms with E-state index in [1.807, 2.05) is 0 Å². The van der Waals surface area contributed by atoms with Gasteiger partial charge in [-0.25, -0.2) is 4.79 Å². The minimum Gasteiger partial charge on any atom is -0.472 e. The first-order valence-electron chi connectivity index (χ1n) is 9.79. The second-order valence-electron chi connectivity index (χ2n) is 7.97. The maximum atomic E-state index is 12.9. The standard InChI is InChI=1S/C22H22O8/c1-12-8-16(14-6-7-27-10-14)30-21(26)19(12)17(29-13(2)23)9-22-11-28-20(25)15(22)4-3-5-18(22)24/h3,5-7,10,15-17H,4,8-9,11H2,1-2H3. The number of carbonyl (C=O) groups is 4. The summed E-state index contributed by atoms with van der Waals surface area (Å²) in [6.45, 7) is 2.91. The van der Waals surface area contributed by atoms with Crippen LogP contribution in [0.15, 0.2) is 46.3 Å². The third-order valence-electron chi connectivity index (χ3n) is 6.07. The van der Waals surface area contributed by atoms with Crippen molar-refractivity contribution in [2.24, 2.45) is 11.3 Å². The van der Waals surface area contributed by atoms with Gasteiger partial charge in [0.15, 0.2) is 5.78 Å². The second kappa shape index (κ2) is 7.59. The molecule has 4 rings (SSSR count). The normalized spacial score (nSPS) is 29.3. The minimum absolute atomic E-state index is 0.0235. The molecule has 1 fully saturated rings. The summed E-state index contributed by atoms with van der Waals surface area (Å²) in [4.78, 5) is 49.8. The highest BCUT2D eigenvalue weighted by Gasteiger charge is 2.57. The number of cyclic esters (lactones) is 2. The monoisotopic (exact) mass is 414 g/mol. The molecular weight excluding hydrogens is 392 g/mol. The summed E-state index contributed by atoms with van der Waals surface area (Å²) in [5.74, 6) is -2.59. The third kappa shape index (κ3) is 3.36. The summed E-state index contributed by atoms with van der Waals surface area (Å²) in [6.07, 6.45) is 5.31. The average molecular weight is 414 g/mol. The van der Waals surface area contributed by atoms with Crippen LogP contribution in [-0.2, 0) is 33.4 Å². The number of carbonyl (C=O) groups excluding carboxylic acids is 4. The Balaban J connectivity index is 1.68. The first kappa shape index (κ1) is 20.1. The number of rotatable bonds is 5. The Morgan fingerprint density at radius 1 is 1.33 bits per heavy atom. The topological polar surface area (TPSA) is 109 Å². The van der Waals surface area contributed by atoms with E-state index in [1.54, 1.807) is 19.1 Å². The number of hydrogen-bond acceptors (Lipinski definition) is 8. The predicted molar refractivity (Wildman–Crippen MR) is 101 cm³/mol. The molecule has 0 aromatic carbocycles. The number of fused-ring (bicyclic) bond motifs is 1. The Bertz CT molecular complexity index is 954. The number of allylic oxidation sites excluding steroid dienone is 2. The van der Waals surface area contributed by atoms with Gasteiger partial charge >= 0.3 is 17.9 Å². The van der Waals surface area contributed by atoms with Crippen LogP contribution in [0.4, 0.5) is 0 Å². The van der Waals surface area contributed by atoms with Gasteiger partial charge in [0.05, 0.1) is 29.4 Å². The quantitative estimate of drug-likeness (QED) is 0.534. The molecule has 1 aliphatic carbocycles. The lowest BCUT2D eigenvalue weighted by Gasteiger charge is -2.36. The van der Waals surface area contributed by atoms with Crippen molar-refractivity contribution < 1.29 is 37.8 Å². The highest BCUT2D eigenvalue weighted by Crippen LogP contribution is 2.47. The number of furan rings is 1. The highest BCUT2D eigenvalue weighted by atomic mass is 16.6. The summed E-state index contributed by atoms with van der Waals surface area (Å²) >= 11 is 0. The maximum absolute atomic E-state index is 12.9. The van der Waals surface area contributed by atoms with Gasteiger partial charge in [-0.3, -0.25) is 14.4 Å². The fourth-order valence-electron chi connectivity index (χ4n) is 4.55. The Labute approximate surface area is 172 Å². The van der Waals surface area contributed by atoms with Crippen molar-refractivity contribution in [3.8, 4) is 0 Å². The van der Waals surface area contributed by atoms with Crippen LogP contribution in [0.25, 0.3) is 0 Å². The molecule has 0 amide bonds. The lowest BCUT2D eigenvalue weighted by molar-refractivity contribution is -0.154. The molecule has 30 heavy (non-hydrogen) atoms. The van der Waals surface area contributed by atoms with Gasteiger partial charge in [0, 0.05) is 25.3 Å². The van der Waals surface area contributed by atoms with E-state index in [9.17, 15) is 19.2 Å². The van der Waals surface area contributed by atoms with E-state index in [0.29, 0.717) is 18.4 Å². The fourth-order valence-corrected chi connectivity index (χ4v) is 4.55.